The number of likely N-dealkylation sites (tertiary alicyclic amines) is 1. The topological polar surface area (TPSA) is 62.4 Å². The maximum absolute atomic E-state index is 12.9. The molecular weight excluding hydrogens is 273 g/mol. The molecule has 6 heteroatoms. The molecule has 1 N–H and O–H groups in total. The van der Waals surface area contributed by atoms with Gasteiger partial charge in [0.25, 0.3) is 0 Å². The quantitative estimate of drug-likeness (QED) is 0.939. The lowest BCUT2D eigenvalue weighted by molar-refractivity contribution is -0.00944. The van der Waals surface area contributed by atoms with Crippen molar-refractivity contribution in [2.45, 2.75) is 31.9 Å². The second-order valence-corrected chi connectivity index (χ2v) is 5.79. The zero-order valence-corrected chi connectivity index (χ0v) is 11.9. The Morgan fingerprint density at radius 1 is 1.29 bits per heavy atom. The van der Waals surface area contributed by atoms with Crippen LogP contribution >= 0.6 is 0 Å². The van der Waals surface area contributed by atoms with Gasteiger partial charge < -0.3 is 9.63 Å². The third kappa shape index (κ3) is 3.46. The summed E-state index contributed by atoms with van der Waals surface area (Å²) in [6, 6.07) is 6.00. The van der Waals surface area contributed by atoms with E-state index in [2.05, 4.69) is 15.0 Å². The van der Waals surface area contributed by atoms with E-state index in [1.54, 1.807) is 12.1 Å². The molecule has 0 atom stereocenters. The molecule has 5 nitrogen and oxygen atoms in total. The predicted molar refractivity (Wildman–Crippen MR) is 74.8 cm³/mol. The summed E-state index contributed by atoms with van der Waals surface area (Å²) in [6.07, 6.45) is 1.48. The van der Waals surface area contributed by atoms with Crippen molar-refractivity contribution in [3.8, 4) is 11.4 Å². The first-order valence-electron chi connectivity index (χ1n) is 7.05. The van der Waals surface area contributed by atoms with Gasteiger partial charge in [-0.25, -0.2) is 4.39 Å². The molecule has 2 aromatic rings. The predicted octanol–water partition coefficient (Wildman–Crippen LogP) is 2.22. The first-order chi connectivity index (χ1) is 10.0. The molecule has 21 heavy (non-hydrogen) atoms. The smallest absolute Gasteiger partial charge is 0.241 e. The summed E-state index contributed by atoms with van der Waals surface area (Å²) < 4.78 is 18.1. The van der Waals surface area contributed by atoms with Crippen molar-refractivity contribution in [3.63, 3.8) is 0 Å². The van der Waals surface area contributed by atoms with E-state index in [4.69, 9.17) is 4.52 Å². The minimum absolute atomic E-state index is 0.289. The van der Waals surface area contributed by atoms with Crippen molar-refractivity contribution < 1.29 is 14.0 Å². The molecule has 1 aliphatic rings. The van der Waals surface area contributed by atoms with Gasteiger partial charge in [-0.1, -0.05) is 5.16 Å². The lowest BCUT2D eigenvalue weighted by Crippen LogP contribution is -2.42. The zero-order valence-electron chi connectivity index (χ0n) is 11.9. The number of aliphatic hydroxyl groups is 1. The van der Waals surface area contributed by atoms with E-state index in [9.17, 15) is 9.50 Å². The van der Waals surface area contributed by atoms with Crippen LogP contribution in [0.15, 0.2) is 28.8 Å². The highest BCUT2D eigenvalue weighted by Crippen LogP contribution is 2.23. The van der Waals surface area contributed by atoms with Gasteiger partial charge in [0.1, 0.15) is 5.82 Å². The molecule has 0 aliphatic carbocycles. The average Bonchev–Trinajstić information content (AvgIpc) is 2.91. The molecule has 1 aromatic carbocycles. The van der Waals surface area contributed by atoms with Crippen LogP contribution < -0.4 is 0 Å². The van der Waals surface area contributed by atoms with Gasteiger partial charge in [-0.2, -0.15) is 4.98 Å². The molecule has 3 rings (SSSR count). The largest absolute Gasteiger partial charge is 0.390 e. The normalized spacial score (nSPS) is 18.8. The Morgan fingerprint density at radius 3 is 2.62 bits per heavy atom. The fraction of sp³-hybridized carbons (Fsp3) is 0.467. The molecule has 0 radical (unpaired) electrons. The SMILES string of the molecule is CC1(O)CCN(Cc2nc(-c3ccc(F)cc3)no2)CC1. The van der Waals surface area contributed by atoms with Crippen molar-refractivity contribution in [2.75, 3.05) is 13.1 Å². The Morgan fingerprint density at radius 2 is 1.95 bits per heavy atom. The van der Waals surface area contributed by atoms with Gasteiger partial charge in [-0.3, -0.25) is 4.90 Å². The van der Waals surface area contributed by atoms with Crippen LogP contribution in [0, 0.1) is 5.82 Å². The van der Waals surface area contributed by atoms with Crippen LogP contribution in [0.1, 0.15) is 25.7 Å². The van der Waals surface area contributed by atoms with Crippen LogP contribution in [-0.4, -0.2) is 38.8 Å². The molecule has 0 bridgehead atoms. The molecule has 0 unspecified atom stereocenters. The van der Waals surface area contributed by atoms with E-state index in [1.807, 2.05) is 6.92 Å². The first kappa shape index (κ1) is 14.2. The summed E-state index contributed by atoms with van der Waals surface area (Å²) >= 11 is 0. The standard InChI is InChI=1S/C15H18FN3O2/c1-15(20)6-8-19(9-7-15)10-13-17-14(18-21-13)11-2-4-12(16)5-3-11/h2-5,20H,6-10H2,1H3. The second kappa shape index (κ2) is 5.54. The van der Waals surface area contributed by atoms with E-state index in [0.717, 1.165) is 31.5 Å². The van der Waals surface area contributed by atoms with Crippen LogP contribution in [0.25, 0.3) is 11.4 Å². The summed E-state index contributed by atoms with van der Waals surface area (Å²) in [4.78, 5) is 6.52. The van der Waals surface area contributed by atoms with Gasteiger partial charge in [0.15, 0.2) is 0 Å². The lowest BCUT2D eigenvalue weighted by Gasteiger charge is -2.34. The highest BCUT2D eigenvalue weighted by atomic mass is 19.1. The maximum Gasteiger partial charge on any atom is 0.241 e. The minimum Gasteiger partial charge on any atom is -0.390 e. The molecule has 0 amide bonds. The summed E-state index contributed by atoms with van der Waals surface area (Å²) in [5, 5.41) is 13.9. The molecule has 2 heterocycles. The van der Waals surface area contributed by atoms with Gasteiger partial charge in [-0.05, 0) is 44.0 Å². The Kier molecular flexibility index (Phi) is 3.73. The monoisotopic (exact) mass is 291 g/mol. The Hall–Kier alpha value is -1.79. The van der Waals surface area contributed by atoms with Crippen molar-refractivity contribution in [1.29, 1.82) is 0 Å². The second-order valence-electron chi connectivity index (χ2n) is 5.79. The number of hydrogen-bond acceptors (Lipinski definition) is 5. The number of nitrogens with zero attached hydrogens (tertiary/aromatic N) is 3. The van der Waals surface area contributed by atoms with Gasteiger partial charge in [0, 0.05) is 18.7 Å². The molecule has 0 saturated carbocycles. The summed E-state index contributed by atoms with van der Waals surface area (Å²) in [6.45, 7) is 4.05. The van der Waals surface area contributed by atoms with Gasteiger partial charge >= 0.3 is 0 Å². The van der Waals surface area contributed by atoms with Crippen molar-refractivity contribution >= 4 is 0 Å². The van der Waals surface area contributed by atoms with E-state index in [0.29, 0.717) is 18.3 Å². The third-order valence-corrected chi connectivity index (χ3v) is 3.86. The Bertz CT molecular complexity index is 600. The van der Waals surface area contributed by atoms with E-state index >= 15 is 0 Å². The summed E-state index contributed by atoms with van der Waals surface area (Å²) in [5.74, 6) is 0.715. The highest BCUT2D eigenvalue weighted by Gasteiger charge is 2.28. The number of halogens is 1. The summed E-state index contributed by atoms with van der Waals surface area (Å²) in [7, 11) is 0. The molecular formula is C15H18FN3O2. The van der Waals surface area contributed by atoms with Gasteiger partial charge in [-0.15, -0.1) is 0 Å². The van der Waals surface area contributed by atoms with Gasteiger partial charge in [0.05, 0.1) is 12.1 Å². The first-order valence-corrected chi connectivity index (χ1v) is 7.05. The van der Waals surface area contributed by atoms with E-state index < -0.39 is 5.60 Å². The Labute approximate surface area is 122 Å². The van der Waals surface area contributed by atoms with Crippen molar-refractivity contribution in [3.05, 3.63) is 36.0 Å². The lowest BCUT2D eigenvalue weighted by atomic mass is 9.94. The molecule has 0 spiro atoms. The van der Waals surface area contributed by atoms with Crippen LogP contribution in [0.2, 0.25) is 0 Å². The maximum atomic E-state index is 12.9. The summed E-state index contributed by atoms with van der Waals surface area (Å²) in [5.41, 5.74) is 0.165. The number of piperidine rings is 1. The van der Waals surface area contributed by atoms with Crippen molar-refractivity contribution in [1.82, 2.24) is 15.0 Å². The number of hydrogen-bond donors (Lipinski definition) is 1. The van der Waals surface area contributed by atoms with Crippen LogP contribution in [0.3, 0.4) is 0 Å². The zero-order chi connectivity index (χ0) is 14.9. The minimum atomic E-state index is -0.565. The van der Waals surface area contributed by atoms with Crippen LogP contribution in [-0.2, 0) is 6.54 Å². The third-order valence-electron chi connectivity index (χ3n) is 3.86. The van der Waals surface area contributed by atoms with E-state index in [-0.39, 0.29) is 5.82 Å². The molecule has 1 saturated heterocycles. The average molecular weight is 291 g/mol. The Balaban J connectivity index is 1.64. The number of rotatable bonds is 3. The highest BCUT2D eigenvalue weighted by molar-refractivity contribution is 5.53. The number of benzene rings is 1. The fourth-order valence-corrected chi connectivity index (χ4v) is 2.42. The fourth-order valence-electron chi connectivity index (χ4n) is 2.42. The van der Waals surface area contributed by atoms with Crippen molar-refractivity contribution in [2.24, 2.45) is 0 Å². The van der Waals surface area contributed by atoms with Crippen LogP contribution in [0.4, 0.5) is 4.39 Å². The molecule has 1 fully saturated rings. The number of aromatic nitrogens is 2. The molecule has 112 valence electrons. The van der Waals surface area contributed by atoms with Gasteiger partial charge in [0.2, 0.25) is 11.7 Å². The molecule has 1 aliphatic heterocycles. The van der Waals surface area contributed by atoms with E-state index in [1.165, 1.54) is 12.1 Å². The van der Waals surface area contributed by atoms with Crippen LogP contribution in [0.5, 0.6) is 0 Å². The molecule has 1 aromatic heterocycles.